The zero-order chi connectivity index (χ0) is 14.0. The van der Waals surface area contributed by atoms with Crippen molar-refractivity contribution >= 4 is 31.6 Å². The third-order valence-electron chi connectivity index (χ3n) is 2.47. The number of nitrogens with zero attached hydrogens (tertiary/aromatic N) is 1. The number of aromatic nitrogens is 1. The summed E-state index contributed by atoms with van der Waals surface area (Å²) in [5, 5.41) is 0. The predicted molar refractivity (Wildman–Crippen MR) is 73.9 cm³/mol. The lowest BCUT2D eigenvalue weighted by Gasteiger charge is -2.11. The molecular weight excluding hydrogens is 335 g/mol. The van der Waals surface area contributed by atoms with Crippen LogP contribution >= 0.6 is 15.9 Å². The van der Waals surface area contributed by atoms with E-state index in [0.29, 0.717) is 10.2 Å². The van der Waals surface area contributed by atoms with Crippen LogP contribution < -0.4 is 4.72 Å². The van der Waals surface area contributed by atoms with Crippen molar-refractivity contribution in [2.75, 3.05) is 4.72 Å². The van der Waals surface area contributed by atoms with E-state index in [4.69, 9.17) is 0 Å². The summed E-state index contributed by atoms with van der Waals surface area (Å²) >= 11 is 3.10. The highest BCUT2D eigenvalue weighted by Gasteiger charge is 2.19. The van der Waals surface area contributed by atoms with Gasteiger partial charge in [-0.15, -0.1) is 0 Å². The van der Waals surface area contributed by atoms with Crippen LogP contribution in [0.4, 0.5) is 10.1 Å². The summed E-state index contributed by atoms with van der Waals surface area (Å²) in [5.74, 6) is -0.619. The highest BCUT2D eigenvalue weighted by molar-refractivity contribution is 9.10. The second-order valence-corrected chi connectivity index (χ2v) is 6.38. The molecule has 0 bridgehead atoms. The molecule has 0 atom stereocenters. The molecule has 0 saturated heterocycles. The summed E-state index contributed by atoms with van der Waals surface area (Å²) in [7, 11) is -3.87. The first-order chi connectivity index (χ1) is 8.90. The first-order valence-corrected chi connectivity index (χ1v) is 7.56. The predicted octanol–water partition coefficient (Wildman–Crippen LogP) is 3.09. The summed E-state index contributed by atoms with van der Waals surface area (Å²) in [6.45, 7) is 1.75. The van der Waals surface area contributed by atoms with E-state index >= 15 is 0 Å². The molecule has 0 aliphatic heterocycles. The summed E-state index contributed by atoms with van der Waals surface area (Å²) in [6, 6.07) is 5.16. The molecule has 0 fully saturated rings. The molecule has 1 heterocycles. The lowest BCUT2D eigenvalue weighted by atomic mass is 10.3. The van der Waals surface area contributed by atoms with Gasteiger partial charge in [-0.25, -0.2) is 12.8 Å². The van der Waals surface area contributed by atoms with Crippen molar-refractivity contribution in [2.45, 2.75) is 11.8 Å². The monoisotopic (exact) mass is 344 g/mol. The van der Waals surface area contributed by atoms with E-state index < -0.39 is 15.8 Å². The molecule has 100 valence electrons. The van der Waals surface area contributed by atoms with Crippen LogP contribution in [0.3, 0.4) is 0 Å². The number of halogens is 2. The van der Waals surface area contributed by atoms with E-state index in [0.717, 1.165) is 11.6 Å². The summed E-state index contributed by atoms with van der Waals surface area (Å²) in [5.41, 5.74) is 1.09. The van der Waals surface area contributed by atoms with E-state index in [1.165, 1.54) is 18.3 Å². The first-order valence-electron chi connectivity index (χ1n) is 5.28. The molecule has 4 nitrogen and oxygen atoms in total. The second-order valence-electron chi connectivity index (χ2n) is 3.87. The van der Waals surface area contributed by atoms with Crippen molar-refractivity contribution in [1.29, 1.82) is 0 Å². The Bertz CT molecular complexity index is 719. The molecule has 1 N–H and O–H groups in total. The fraction of sp³-hybridized carbons (Fsp3) is 0.0833. The fourth-order valence-electron chi connectivity index (χ4n) is 1.45. The van der Waals surface area contributed by atoms with Crippen molar-refractivity contribution in [3.63, 3.8) is 0 Å². The number of rotatable bonds is 3. The third-order valence-corrected chi connectivity index (χ3v) is 4.83. The van der Waals surface area contributed by atoms with Gasteiger partial charge in [0.1, 0.15) is 10.7 Å². The summed E-state index contributed by atoms with van der Waals surface area (Å²) in [6.07, 6.45) is 2.96. The van der Waals surface area contributed by atoms with Crippen LogP contribution in [0, 0.1) is 12.7 Å². The van der Waals surface area contributed by atoms with Crippen LogP contribution in [0.15, 0.2) is 46.0 Å². The van der Waals surface area contributed by atoms with Crippen LogP contribution in [0.25, 0.3) is 0 Å². The lowest BCUT2D eigenvalue weighted by Crippen LogP contribution is -2.14. The molecule has 0 radical (unpaired) electrons. The van der Waals surface area contributed by atoms with Crippen LogP contribution in [0.1, 0.15) is 5.56 Å². The molecule has 1 aromatic heterocycles. The standard InChI is InChI=1S/C12H10BrFN2O2S/c1-8-4-5-15-7-11(8)16-19(17,18)12-6-9(14)2-3-10(12)13/h2-7,16H,1H3. The van der Waals surface area contributed by atoms with Gasteiger partial charge in [0.2, 0.25) is 0 Å². The maximum atomic E-state index is 13.2. The molecule has 0 spiro atoms. The Labute approximate surface area is 118 Å². The lowest BCUT2D eigenvalue weighted by molar-refractivity contribution is 0.594. The minimum Gasteiger partial charge on any atom is -0.278 e. The minimum atomic E-state index is -3.87. The summed E-state index contributed by atoms with van der Waals surface area (Å²) in [4.78, 5) is 3.69. The van der Waals surface area contributed by atoms with Gasteiger partial charge in [0, 0.05) is 10.7 Å². The van der Waals surface area contributed by atoms with E-state index in [9.17, 15) is 12.8 Å². The van der Waals surface area contributed by atoms with Crippen LogP contribution in [-0.4, -0.2) is 13.4 Å². The molecule has 2 aromatic rings. The average Bonchev–Trinajstić information content (AvgIpc) is 2.35. The van der Waals surface area contributed by atoms with Gasteiger partial charge in [0.05, 0.1) is 11.9 Å². The number of aryl methyl sites for hydroxylation is 1. The highest BCUT2D eigenvalue weighted by atomic mass is 79.9. The molecule has 0 unspecified atom stereocenters. The Kier molecular flexibility index (Phi) is 3.86. The summed E-state index contributed by atoms with van der Waals surface area (Å²) < 4.78 is 40.2. The smallest absolute Gasteiger partial charge is 0.263 e. The van der Waals surface area contributed by atoms with E-state index in [1.807, 2.05) is 0 Å². The van der Waals surface area contributed by atoms with Crippen molar-refractivity contribution in [3.05, 3.63) is 52.5 Å². The van der Waals surface area contributed by atoms with Gasteiger partial charge < -0.3 is 0 Å². The number of pyridine rings is 1. The topological polar surface area (TPSA) is 59.1 Å². The SMILES string of the molecule is Cc1ccncc1NS(=O)(=O)c1cc(F)ccc1Br. The Morgan fingerprint density at radius 3 is 2.74 bits per heavy atom. The number of hydrogen-bond acceptors (Lipinski definition) is 3. The molecular formula is C12H10BrFN2O2S. The van der Waals surface area contributed by atoms with Crippen LogP contribution in [0.5, 0.6) is 0 Å². The largest absolute Gasteiger partial charge is 0.278 e. The van der Waals surface area contributed by atoms with Crippen LogP contribution in [0.2, 0.25) is 0 Å². The van der Waals surface area contributed by atoms with Crippen molar-refractivity contribution in [1.82, 2.24) is 4.98 Å². The van der Waals surface area contributed by atoms with Crippen LogP contribution in [-0.2, 0) is 10.0 Å². The molecule has 0 saturated carbocycles. The van der Waals surface area contributed by atoms with Crippen molar-refractivity contribution < 1.29 is 12.8 Å². The third kappa shape index (κ3) is 3.10. The van der Waals surface area contributed by atoms with E-state index in [-0.39, 0.29) is 4.90 Å². The molecule has 0 amide bonds. The molecule has 2 rings (SSSR count). The molecule has 19 heavy (non-hydrogen) atoms. The minimum absolute atomic E-state index is 0.157. The van der Waals surface area contributed by atoms with Gasteiger partial charge in [-0.3, -0.25) is 9.71 Å². The molecule has 1 aromatic carbocycles. The van der Waals surface area contributed by atoms with Gasteiger partial charge in [-0.1, -0.05) is 0 Å². The van der Waals surface area contributed by atoms with Gasteiger partial charge in [-0.2, -0.15) is 0 Å². The fourth-order valence-corrected chi connectivity index (χ4v) is 3.55. The quantitative estimate of drug-likeness (QED) is 0.930. The first kappa shape index (κ1) is 14.0. The van der Waals surface area contributed by atoms with Crippen molar-refractivity contribution in [2.24, 2.45) is 0 Å². The number of benzene rings is 1. The highest BCUT2D eigenvalue weighted by Crippen LogP contribution is 2.25. The Hall–Kier alpha value is -1.47. The molecule has 0 aliphatic rings. The normalized spacial score (nSPS) is 11.3. The number of hydrogen-bond donors (Lipinski definition) is 1. The zero-order valence-corrected chi connectivity index (χ0v) is 12.3. The average molecular weight is 345 g/mol. The maximum Gasteiger partial charge on any atom is 0.263 e. The van der Waals surface area contributed by atoms with Gasteiger partial charge in [-0.05, 0) is 52.7 Å². The number of sulfonamides is 1. The van der Waals surface area contributed by atoms with E-state index in [1.54, 1.807) is 19.2 Å². The van der Waals surface area contributed by atoms with Crippen molar-refractivity contribution in [3.8, 4) is 0 Å². The zero-order valence-electron chi connectivity index (χ0n) is 9.89. The van der Waals surface area contributed by atoms with Gasteiger partial charge in [0.25, 0.3) is 10.0 Å². The number of nitrogens with one attached hydrogen (secondary N) is 1. The van der Waals surface area contributed by atoms with Gasteiger partial charge in [0.15, 0.2) is 0 Å². The molecule has 0 aliphatic carbocycles. The Balaban J connectivity index is 2.44. The van der Waals surface area contributed by atoms with E-state index in [2.05, 4.69) is 25.6 Å². The molecule has 7 heteroatoms. The second kappa shape index (κ2) is 5.26. The Morgan fingerprint density at radius 2 is 2.05 bits per heavy atom. The Morgan fingerprint density at radius 1 is 1.32 bits per heavy atom. The van der Waals surface area contributed by atoms with Gasteiger partial charge >= 0.3 is 0 Å². The maximum absolute atomic E-state index is 13.2. The number of anilines is 1.